The summed E-state index contributed by atoms with van der Waals surface area (Å²) in [5.74, 6) is -1.73. The zero-order chi connectivity index (χ0) is 17.8. The summed E-state index contributed by atoms with van der Waals surface area (Å²) in [5.41, 5.74) is 2.25. The van der Waals surface area contributed by atoms with Gasteiger partial charge >= 0.3 is 0 Å². The molecule has 25 heavy (non-hydrogen) atoms. The normalized spacial score (nSPS) is 17.6. The highest BCUT2D eigenvalue weighted by molar-refractivity contribution is 5.95. The lowest BCUT2D eigenvalue weighted by Gasteiger charge is -2.33. The van der Waals surface area contributed by atoms with Gasteiger partial charge in [0.1, 0.15) is 0 Å². The molecule has 1 amide bonds. The fraction of sp³-hybridized carbons (Fsp3) is 0.350. The fourth-order valence-electron chi connectivity index (χ4n) is 3.09. The van der Waals surface area contributed by atoms with Crippen LogP contribution in [0.4, 0.5) is 8.78 Å². The number of carbonyl (C=O) groups is 1. The second-order valence-electron chi connectivity index (χ2n) is 6.39. The van der Waals surface area contributed by atoms with Gasteiger partial charge in [-0.1, -0.05) is 24.3 Å². The molecule has 2 aromatic carbocycles. The second kappa shape index (κ2) is 7.74. The molecule has 3 nitrogen and oxygen atoms in total. The monoisotopic (exact) mass is 345 g/mol. The van der Waals surface area contributed by atoms with Gasteiger partial charge in [0, 0.05) is 18.7 Å². The number of aryl methyl sites for hydroxylation is 1. The highest BCUT2D eigenvalue weighted by atomic mass is 19.2. The molecule has 1 heterocycles. The first kappa shape index (κ1) is 17.5. The van der Waals surface area contributed by atoms with Gasteiger partial charge in [-0.05, 0) is 49.1 Å². The summed E-state index contributed by atoms with van der Waals surface area (Å²) in [6.07, 6.45) is 1.61. The van der Waals surface area contributed by atoms with Crippen molar-refractivity contribution < 1.29 is 18.3 Å². The van der Waals surface area contributed by atoms with Crippen molar-refractivity contribution in [1.29, 1.82) is 0 Å². The van der Waals surface area contributed by atoms with Crippen LogP contribution in [0.5, 0.6) is 0 Å². The van der Waals surface area contributed by atoms with E-state index in [0.29, 0.717) is 24.2 Å². The summed E-state index contributed by atoms with van der Waals surface area (Å²) in [6, 6.07) is 11.3. The number of rotatable bonds is 4. The van der Waals surface area contributed by atoms with Crippen molar-refractivity contribution in [2.75, 3.05) is 13.1 Å². The number of ether oxygens (including phenoxy) is 1. The van der Waals surface area contributed by atoms with Crippen molar-refractivity contribution in [3.8, 4) is 0 Å². The lowest BCUT2D eigenvalue weighted by Crippen LogP contribution is -2.43. The number of benzene rings is 2. The highest BCUT2D eigenvalue weighted by Crippen LogP contribution is 2.19. The second-order valence-corrected chi connectivity index (χ2v) is 6.39. The van der Waals surface area contributed by atoms with Gasteiger partial charge in [0.2, 0.25) is 0 Å². The molecule has 3 rings (SSSR count). The molecule has 0 aromatic heterocycles. The number of amides is 1. The van der Waals surface area contributed by atoms with Crippen LogP contribution in [0.2, 0.25) is 0 Å². The Hall–Kier alpha value is -2.27. The Morgan fingerprint density at radius 2 is 2.00 bits per heavy atom. The molecule has 0 saturated carbocycles. The molecule has 0 N–H and O–H groups in total. The van der Waals surface area contributed by atoms with Gasteiger partial charge in [0.25, 0.3) is 5.91 Å². The molecule has 0 aliphatic carbocycles. The molecule has 1 saturated heterocycles. The third kappa shape index (κ3) is 4.23. The molecular formula is C20H21F2NO2. The van der Waals surface area contributed by atoms with Crippen LogP contribution in [-0.2, 0) is 11.3 Å². The van der Waals surface area contributed by atoms with Crippen molar-refractivity contribution in [2.45, 2.75) is 32.5 Å². The molecule has 2 aromatic rings. The number of hydrogen-bond acceptors (Lipinski definition) is 2. The highest BCUT2D eigenvalue weighted by Gasteiger charge is 2.25. The summed E-state index contributed by atoms with van der Waals surface area (Å²) >= 11 is 0. The van der Waals surface area contributed by atoms with Crippen LogP contribution in [0.15, 0.2) is 42.5 Å². The molecule has 0 spiro atoms. The van der Waals surface area contributed by atoms with E-state index in [-0.39, 0.29) is 18.6 Å². The third-order valence-corrected chi connectivity index (χ3v) is 4.51. The van der Waals surface area contributed by atoms with Gasteiger partial charge in [-0.2, -0.15) is 0 Å². The SMILES string of the molecule is Cc1ccccc1C(=O)N1CCC[C@H](OCc2ccc(F)c(F)c2)C1. The molecule has 1 fully saturated rings. The maximum Gasteiger partial charge on any atom is 0.254 e. The molecule has 1 atom stereocenters. The Bertz CT molecular complexity index is 763. The van der Waals surface area contributed by atoms with Crippen LogP contribution in [0.3, 0.4) is 0 Å². The first-order valence-electron chi connectivity index (χ1n) is 8.45. The van der Waals surface area contributed by atoms with Crippen molar-refractivity contribution in [2.24, 2.45) is 0 Å². The smallest absolute Gasteiger partial charge is 0.254 e. The molecule has 0 radical (unpaired) electrons. The van der Waals surface area contributed by atoms with Crippen molar-refractivity contribution in [3.05, 3.63) is 70.8 Å². The van der Waals surface area contributed by atoms with E-state index in [1.54, 1.807) is 0 Å². The summed E-state index contributed by atoms with van der Waals surface area (Å²) in [6.45, 7) is 3.34. The Balaban J connectivity index is 1.60. The van der Waals surface area contributed by atoms with E-state index in [0.717, 1.165) is 30.5 Å². The van der Waals surface area contributed by atoms with Crippen LogP contribution in [0.25, 0.3) is 0 Å². The van der Waals surface area contributed by atoms with E-state index >= 15 is 0 Å². The van der Waals surface area contributed by atoms with Crippen molar-refractivity contribution >= 4 is 5.91 Å². The Labute approximate surface area is 146 Å². The van der Waals surface area contributed by atoms with Crippen LogP contribution in [0.1, 0.15) is 34.3 Å². The average molecular weight is 345 g/mol. The topological polar surface area (TPSA) is 29.5 Å². The lowest BCUT2D eigenvalue weighted by molar-refractivity contribution is -0.00684. The van der Waals surface area contributed by atoms with E-state index in [1.165, 1.54) is 6.07 Å². The zero-order valence-corrected chi connectivity index (χ0v) is 14.2. The minimum absolute atomic E-state index is 0.0132. The van der Waals surface area contributed by atoms with Gasteiger partial charge in [0.15, 0.2) is 11.6 Å². The van der Waals surface area contributed by atoms with Crippen LogP contribution in [0, 0.1) is 18.6 Å². The van der Waals surface area contributed by atoms with Gasteiger partial charge in [-0.3, -0.25) is 4.79 Å². The van der Waals surface area contributed by atoms with Gasteiger partial charge in [-0.25, -0.2) is 8.78 Å². The standard InChI is InChI=1S/C20H21F2NO2/c1-14-5-2-3-7-17(14)20(24)23-10-4-6-16(12-23)25-13-15-8-9-18(21)19(22)11-15/h2-3,5,7-9,11,16H,4,6,10,12-13H2,1H3/t16-/m0/s1. The summed E-state index contributed by atoms with van der Waals surface area (Å²) in [5, 5.41) is 0. The largest absolute Gasteiger partial charge is 0.372 e. The molecule has 132 valence electrons. The van der Waals surface area contributed by atoms with E-state index in [2.05, 4.69) is 0 Å². The van der Waals surface area contributed by atoms with E-state index in [4.69, 9.17) is 4.74 Å². The average Bonchev–Trinajstić information content (AvgIpc) is 2.63. The third-order valence-electron chi connectivity index (χ3n) is 4.51. The molecule has 0 unspecified atom stereocenters. The fourth-order valence-corrected chi connectivity index (χ4v) is 3.09. The van der Waals surface area contributed by atoms with E-state index in [1.807, 2.05) is 36.1 Å². The summed E-state index contributed by atoms with van der Waals surface area (Å²) in [4.78, 5) is 14.5. The number of piperidine rings is 1. The zero-order valence-electron chi connectivity index (χ0n) is 14.2. The maximum atomic E-state index is 13.3. The Morgan fingerprint density at radius 1 is 1.20 bits per heavy atom. The molecule has 1 aliphatic rings. The molecule has 1 aliphatic heterocycles. The maximum absolute atomic E-state index is 13.3. The first-order chi connectivity index (χ1) is 12.0. The number of halogens is 2. The quantitative estimate of drug-likeness (QED) is 0.835. The Kier molecular flexibility index (Phi) is 5.43. The van der Waals surface area contributed by atoms with Gasteiger partial charge in [0.05, 0.1) is 12.7 Å². The van der Waals surface area contributed by atoms with Gasteiger partial charge in [-0.15, -0.1) is 0 Å². The van der Waals surface area contributed by atoms with E-state index < -0.39 is 11.6 Å². The summed E-state index contributed by atoms with van der Waals surface area (Å²) in [7, 11) is 0. The first-order valence-corrected chi connectivity index (χ1v) is 8.45. The van der Waals surface area contributed by atoms with Crippen LogP contribution in [-0.4, -0.2) is 30.0 Å². The minimum Gasteiger partial charge on any atom is -0.372 e. The number of likely N-dealkylation sites (tertiary alicyclic amines) is 1. The molecular weight excluding hydrogens is 324 g/mol. The lowest BCUT2D eigenvalue weighted by atomic mass is 10.0. The molecule has 0 bridgehead atoms. The number of nitrogens with zero attached hydrogens (tertiary/aromatic N) is 1. The summed E-state index contributed by atoms with van der Waals surface area (Å²) < 4.78 is 32.0. The molecule has 5 heteroatoms. The number of hydrogen-bond donors (Lipinski definition) is 0. The predicted octanol–water partition coefficient (Wildman–Crippen LogP) is 4.09. The van der Waals surface area contributed by atoms with Crippen molar-refractivity contribution in [3.63, 3.8) is 0 Å². The van der Waals surface area contributed by atoms with Gasteiger partial charge < -0.3 is 9.64 Å². The Morgan fingerprint density at radius 3 is 2.76 bits per heavy atom. The van der Waals surface area contributed by atoms with E-state index in [9.17, 15) is 13.6 Å². The number of carbonyl (C=O) groups excluding carboxylic acids is 1. The minimum atomic E-state index is -0.874. The van der Waals surface area contributed by atoms with Crippen molar-refractivity contribution in [1.82, 2.24) is 4.90 Å². The predicted molar refractivity (Wildman–Crippen MR) is 91.3 cm³/mol. The van der Waals surface area contributed by atoms with Crippen LogP contribution >= 0.6 is 0 Å². The van der Waals surface area contributed by atoms with Crippen LogP contribution < -0.4 is 0 Å².